The van der Waals surface area contributed by atoms with Crippen LogP contribution in [0.2, 0.25) is 10.0 Å². The van der Waals surface area contributed by atoms with E-state index in [1.165, 1.54) is 4.31 Å². The first-order valence-electron chi connectivity index (χ1n) is 13.5. The lowest BCUT2D eigenvalue weighted by Gasteiger charge is -2.32. The van der Waals surface area contributed by atoms with Gasteiger partial charge in [0.15, 0.2) is 0 Å². The number of nitrogens with zero attached hydrogens (tertiary/aromatic N) is 2. The van der Waals surface area contributed by atoms with Gasteiger partial charge in [-0.3, -0.25) is 13.9 Å². The predicted octanol–water partition coefficient (Wildman–Crippen LogP) is 6.01. The minimum atomic E-state index is -3.58. The van der Waals surface area contributed by atoms with Crippen LogP contribution in [0.25, 0.3) is 0 Å². The summed E-state index contributed by atoms with van der Waals surface area (Å²) in [5.74, 6) is -0.539. The lowest BCUT2D eigenvalue weighted by atomic mass is 10.0. The highest BCUT2D eigenvalue weighted by atomic mass is 35.5. The monoisotopic (exact) mass is 617 g/mol. The van der Waals surface area contributed by atoms with Crippen LogP contribution in [0, 0.1) is 6.92 Å². The summed E-state index contributed by atoms with van der Waals surface area (Å²) < 4.78 is 26.5. The molecule has 0 radical (unpaired) electrons. The van der Waals surface area contributed by atoms with Gasteiger partial charge in [0.2, 0.25) is 21.8 Å². The van der Waals surface area contributed by atoms with E-state index < -0.39 is 16.1 Å². The minimum absolute atomic E-state index is 0.0411. The summed E-state index contributed by atoms with van der Waals surface area (Å²) in [5, 5.41) is 3.70. The van der Waals surface area contributed by atoms with Gasteiger partial charge in [-0.05, 0) is 68.1 Å². The summed E-state index contributed by atoms with van der Waals surface area (Å²) in [6, 6.07) is 20.9. The molecule has 10 heteroatoms. The molecule has 41 heavy (non-hydrogen) atoms. The highest BCUT2D eigenvalue weighted by Gasteiger charge is 2.31. The topological polar surface area (TPSA) is 86.8 Å². The van der Waals surface area contributed by atoms with E-state index >= 15 is 0 Å². The lowest BCUT2D eigenvalue weighted by molar-refractivity contribution is -0.141. The molecule has 0 aliphatic heterocycles. The molecule has 1 N–H and O–H groups in total. The Morgan fingerprint density at radius 2 is 1.61 bits per heavy atom. The SMILES string of the molecule is Cc1cccc(N(CCCC(=O)N(Cc2ccc(Cl)c(Cl)c2)[C@@H](Cc2ccccc2)C(=O)NC(C)C)S(C)(=O)=O)c1. The maximum absolute atomic E-state index is 13.9. The van der Waals surface area contributed by atoms with Crippen molar-refractivity contribution < 1.29 is 18.0 Å². The zero-order chi connectivity index (χ0) is 30.2. The summed E-state index contributed by atoms with van der Waals surface area (Å²) in [7, 11) is -3.58. The molecule has 0 heterocycles. The van der Waals surface area contributed by atoms with Crippen molar-refractivity contribution in [3.63, 3.8) is 0 Å². The smallest absolute Gasteiger partial charge is 0.243 e. The van der Waals surface area contributed by atoms with E-state index in [9.17, 15) is 18.0 Å². The summed E-state index contributed by atoms with van der Waals surface area (Å²) in [5.41, 5.74) is 3.11. The molecule has 0 saturated carbocycles. The second kappa shape index (κ2) is 14.7. The number of carbonyl (C=O) groups is 2. The van der Waals surface area contributed by atoms with Crippen LogP contribution in [-0.2, 0) is 32.6 Å². The molecule has 0 aliphatic rings. The number of rotatable bonds is 13. The van der Waals surface area contributed by atoms with E-state index in [1.54, 1.807) is 41.3 Å². The summed E-state index contributed by atoms with van der Waals surface area (Å²) in [4.78, 5) is 28.9. The molecule has 0 spiro atoms. The Morgan fingerprint density at radius 3 is 2.22 bits per heavy atom. The van der Waals surface area contributed by atoms with Crippen molar-refractivity contribution in [2.75, 3.05) is 17.1 Å². The van der Waals surface area contributed by atoms with Crippen LogP contribution in [0.5, 0.6) is 0 Å². The highest BCUT2D eigenvalue weighted by Crippen LogP contribution is 2.25. The van der Waals surface area contributed by atoms with E-state index in [0.717, 1.165) is 22.9 Å². The second-order valence-electron chi connectivity index (χ2n) is 10.4. The number of amides is 2. The zero-order valence-electron chi connectivity index (χ0n) is 23.8. The van der Waals surface area contributed by atoms with Gasteiger partial charge in [0.05, 0.1) is 22.0 Å². The third kappa shape index (κ3) is 9.76. The van der Waals surface area contributed by atoms with Crippen LogP contribution in [-0.4, -0.2) is 50.0 Å². The Bertz CT molecular complexity index is 1450. The normalized spacial score (nSPS) is 12.2. The Labute approximate surface area is 253 Å². The molecular weight excluding hydrogens is 581 g/mol. The van der Waals surface area contributed by atoms with E-state index in [0.29, 0.717) is 22.2 Å². The van der Waals surface area contributed by atoms with Crippen molar-refractivity contribution in [3.05, 3.63) is 99.5 Å². The average Bonchev–Trinajstić information content (AvgIpc) is 2.90. The first kappa shape index (κ1) is 32.4. The Morgan fingerprint density at radius 1 is 0.902 bits per heavy atom. The van der Waals surface area contributed by atoms with E-state index in [4.69, 9.17) is 23.2 Å². The Hall–Kier alpha value is -3.07. The van der Waals surface area contributed by atoms with E-state index in [1.807, 2.05) is 57.2 Å². The van der Waals surface area contributed by atoms with Crippen molar-refractivity contribution in [1.29, 1.82) is 0 Å². The van der Waals surface area contributed by atoms with Crippen molar-refractivity contribution in [2.45, 2.75) is 58.7 Å². The fourth-order valence-electron chi connectivity index (χ4n) is 4.56. The summed E-state index contributed by atoms with van der Waals surface area (Å²) in [6.07, 6.45) is 1.77. The fourth-order valence-corrected chi connectivity index (χ4v) is 5.83. The number of hydrogen-bond donors (Lipinski definition) is 1. The van der Waals surface area contributed by atoms with Crippen molar-refractivity contribution in [2.24, 2.45) is 0 Å². The maximum Gasteiger partial charge on any atom is 0.243 e. The summed E-state index contributed by atoms with van der Waals surface area (Å²) >= 11 is 12.4. The standard InChI is InChI=1S/C31H37Cl2N3O4S/c1-22(2)34-31(38)29(20-24-11-6-5-7-12-24)35(21-25-15-16-27(32)28(33)19-25)30(37)14-9-17-36(41(4,39)40)26-13-8-10-23(3)18-26/h5-8,10-13,15-16,18-19,22,29H,9,14,17,20-21H2,1-4H3,(H,34,38)/t29-/m0/s1. The van der Waals surface area contributed by atoms with Crippen molar-refractivity contribution in [1.82, 2.24) is 10.2 Å². The number of halogens is 2. The lowest BCUT2D eigenvalue weighted by Crippen LogP contribution is -2.51. The van der Waals surface area contributed by atoms with Crippen LogP contribution in [0.15, 0.2) is 72.8 Å². The number of sulfonamides is 1. The number of anilines is 1. The number of nitrogens with one attached hydrogen (secondary N) is 1. The van der Waals surface area contributed by atoms with Gasteiger partial charge >= 0.3 is 0 Å². The summed E-state index contributed by atoms with van der Waals surface area (Å²) in [6.45, 7) is 5.88. The number of aryl methyl sites for hydroxylation is 1. The molecule has 0 saturated heterocycles. The molecule has 0 bridgehead atoms. The van der Waals surface area contributed by atoms with Gasteiger partial charge in [0, 0.05) is 32.0 Å². The molecule has 1 atom stereocenters. The highest BCUT2D eigenvalue weighted by molar-refractivity contribution is 7.92. The van der Waals surface area contributed by atoms with Crippen LogP contribution < -0.4 is 9.62 Å². The minimum Gasteiger partial charge on any atom is -0.352 e. The van der Waals surface area contributed by atoms with Gasteiger partial charge in [0.25, 0.3) is 0 Å². The van der Waals surface area contributed by atoms with Gasteiger partial charge < -0.3 is 10.2 Å². The molecule has 0 aromatic heterocycles. The van der Waals surface area contributed by atoms with Crippen LogP contribution in [0.3, 0.4) is 0 Å². The van der Waals surface area contributed by atoms with Gasteiger partial charge in [0.1, 0.15) is 6.04 Å². The fraction of sp³-hybridized carbons (Fsp3) is 0.355. The molecular formula is C31H37Cl2N3O4S. The third-order valence-electron chi connectivity index (χ3n) is 6.48. The molecule has 3 aromatic carbocycles. The number of benzene rings is 3. The van der Waals surface area contributed by atoms with Crippen LogP contribution in [0.1, 0.15) is 43.4 Å². The van der Waals surface area contributed by atoms with Gasteiger partial charge in [-0.25, -0.2) is 8.42 Å². The van der Waals surface area contributed by atoms with Crippen molar-refractivity contribution in [3.8, 4) is 0 Å². The molecule has 0 unspecified atom stereocenters. The van der Waals surface area contributed by atoms with Gasteiger partial charge in [-0.2, -0.15) is 0 Å². The molecule has 3 aromatic rings. The van der Waals surface area contributed by atoms with Crippen molar-refractivity contribution >= 4 is 50.7 Å². The first-order chi connectivity index (χ1) is 19.3. The Kier molecular flexibility index (Phi) is 11.6. The Balaban J connectivity index is 1.90. The molecule has 7 nitrogen and oxygen atoms in total. The van der Waals surface area contributed by atoms with E-state index in [-0.39, 0.29) is 43.8 Å². The second-order valence-corrected chi connectivity index (χ2v) is 13.1. The zero-order valence-corrected chi connectivity index (χ0v) is 26.1. The molecule has 0 fully saturated rings. The molecule has 2 amide bonds. The number of hydrogen-bond acceptors (Lipinski definition) is 4. The molecule has 0 aliphatic carbocycles. The maximum atomic E-state index is 13.9. The molecule has 3 rings (SSSR count). The first-order valence-corrected chi connectivity index (χ1v) is 16.1. The predicted molar refractivity (Wildman–Crippen MR) is 167 cm³/mol. The average molecular weight is 619 g/mol. The van der Waals surface area contributed by atoms with Gasteiger partial charge in [-0.1, -0.05) is 71.7 Å². The number of carbonyl (C=O) groups excluding carboxylic acids is 2. The van der Waals surface area contributed by atoms with Crippen LogP contribution in [0.4, 0.5) is 5.69 Å². The third-order valence-corrected chi connectivity index (χ3v) is 8.41. The molecule has 220 valence electrons. The van der Waals surface area contributed by atoms with E-state index in [2.05, 4.69) is 5.32 Å². The van der Waals surface area contributed by atoms with Gasteiger partial charge in [-0.15, -0.1) is 0 Å². The van der Waals surface area contributed by atoms with Crippen LogP contribution >= 0.6 is 23.2 Å². The largest absolute Gasteiger partial charge is 0.352 e. The quantitative estimate of drug-likeness (QED) is 0.254.